The van der Waals surface area contributed by atoms with E-state index in [9.17, 15) is 4.79 Å². The summed E-state index contributed by atoms with van der Waals surface area (Å²) in [7, 11) is 0. The molecule has 1 aromatic heterocycles. The summed E-state index contributed by atoms with van der Waals surface area (Å²) in [5, 5.41) is 3.10. The molecule has 0 saturated carbocycles. The third kappa shape index (κ3) is 4.80. The van der Waals surface area contributed by atoms with Crippen molar-refractivity contribution in [3.8, 4) is 0 Å². The van der Waals surface area contributed by atoms with Crippen LogP contribution in [-0.4, -0.2) is 27.6 Å². The zero-order valence-electron chi connectivity index (χ0n) is 10.9. The van der Waals surface area contributed by atoms with Crippen molar-refractivity contribution < 1.29 is 9.53 Å². The summed E-state index contributed by atoms with van der Waals surface area (Å²) < 4.78 is 5.19. The minimum atomic E-state index is -0.540. The van der Waals surface area contributed by atoms with Gasteiger partial charge in [-0.15, -0.1) is 0 Å². The number of nitrogens with zero attached hydrogens (tertiary/aromatic N) is 2. The van der Waals surface area contributed by atoms with Crippen molar-refractivity contribution >= 4 is 11.8 Å². The van der Waals surface area contributed by atoms with Gasteiger partial charge in [-0.25, -0.2) is 14.8 Å². The first-order valence-corrected chi connectivity index (χ1v) is 5.61. The van der Waals surface area contributed by atoms with Crippen LogP contribution >= 0.6 is 0 Å². The van der Waals surface area contributed by atoms with Crippen molar-refractivity contribution in [2.75, 3.05) is 5.32 Å². The Labute approximate surface area is 102 Å². The highest BCUT2D eigenvalue weighted by molar-refractivity contribution is 5.85. The van der Waals surface area contributed by atoms with Crippen molar-refractivity contribution in [2.24, 2.45) is 0 Å². The fourth-order valence-electron chi connectivity index (χ4n) is 1.16. The minimum absolute atomic E-state index is 0.0746. The van der Waals surface area contributed by atoms with E-state index in [1.165, 1.54) is 6.20 Å². The van der Waals surface area contributed by atoms with Gasteiger partial charge in [-0.3, -0.25) is 0 Å². The number of anilines is 1. The summed E-state index contributed by atoms with van der Waals surface area (Å²) in [4.78, 5) is 19.7. The Hall–Kier alpha value is -1.65. The van der Waals surface area contributed by atoms with Crippen LogP contribution in [0.4, 0.5) is 5.82 Å². The van der Waals surface area contributed by atoms with Gasteiger partial charge in [-0.05, 0) is 40.7 Å². The molecule has 1 heterocycles. The van der Waals surface area contributed by atoms with E-state index in [2.05, 4.69) is 15.3 Å². The van der Waals surface area contributed by atoms with Crippen molar-refractivity contribution in [1.82, 2.24) is 9.97 Å². The van der Waals surface area contributed by atoms with Crippen LogP contribution in [0.1, 0.15) is 45.2 Å². The van der Waals surface area contributed by atoms with Crippen molar-refractivity contribution in [1.29, 1.82) is 0 Å². The molecule has 0 aliphatic rings. The third-order valence-corrected chi connectivity index (χ3v) is 1.67. The maximum Gasteiger partial charge on any atom is 0.376 e. The summed E-state index contributed by atoms with van der Waals surface area (Å²) in [6.45, 7) is 9.41. The fraction of sp³-hybridized carbons (Fsp3) is 0.583. The first kappa shape index (κ1) is 13.4. The predicted octanol–water partition coefficient (Wildman–Crippen LogP) is 2.25. The van der Waals surface area contributed by atoms with E-state index in [-0.39, 0.29) is 11.9 Å². The van der Waals surface area contributed by atoms with Crippen LogP contribution in [-0.2, 0) is 4.74 Å². The van der Waals surface area contributed by atoms with Crippen molar-refractivity contribution in [2.45, 2.75) is 46.3 Å². The number of carbonyl (C=O) groups is 1. The molecule has 0 unspecified atom stereocenters. The summed E-state index contributed by atoms with van der Waals surface area (Å²) in [6.07, 6.45) is 1.54. The van der Waals surface area contributed by atoms with Crippen LogP contribution in [0.25, 0.3) is 0 Å². The molecule has 0 amide bonds. The average molecular weight is 237 g/mol. The third-order valence-electron chi connectivity index (χ3n) is 1.67. The zero-order chi connectivity index (χ0) is 13.1. The Morgan fingerprint density at radius 2 is 2.06 bits per heavy atom. The number of rotatable bonds is 3. The van der Waals surface area contributed by atoms with Crippen LogP contribution in [0.3, 0.4) is 0 Å². The van der Waals surface area contributed by atoms with E-state index in [1.807, 2.05) is 13.8 Å². The Balaban J connectivity index is 2.81. The van der Waals surface area contributed by atoms with Crippen LogP contribution in [0.15, 0.2) is 12.3 Å². The molecule has 0 atom stereocenters. The van der Waals surface area contributed by atoms with E-state index >= 15 is 0 Å². The first-order chi connectivity index (χ1) is 7.78. The number of carbonyl (C=O) groups excluding carboxylic acids is 1. The van der Waals surface area contributed by atoms with E-state index < -0.39 is 11.6 Å². The summed E-state index contributed by atoms with van der Waals surface area (Å²) >= 11 is 0. The second kappa shape index (κ2) is 5.12. The molecule has 1 N–H and O–H groups in total. The van der Waals surface area contributed by atoms with Gasteiger partial charge in [0.1, 0.15) is 11.4 Å². The number of esters is 1. The quantitative estimate of drug-likeness (QED) is 0.817. The number of ether oxygens (including phenoxy) is 1. The Morgan fingerprint density at radius 1 is 1.41 bits per heavy atom. The standard InChI is InChI=1S/C12H19N3O2/c1-8(2)14-9-6-7-13-10(15-9)11(16)17-12(3,4)5/h6-8H,1-5H3,(H,13,14,15). The molecule has 1 rings (SSSR count). The average Bonchev–Trinajstić information content (AvgIpc) is 2.14. The van der Waals surface area contributed by atoms with Gasteiger partial charge < -0.3 is 10.1 Å². The molecule has 94 valence electrons. The van der Waals surface area contributed by atoms with Gasteiger partial charge in [0.2, 0.25) is 5.82 Å². The zero-order valence-corrected chi connectivity index (χ0v) is 10.9. The second-order valence-corrected chi connectivity index (χ2v) is 5.07. The maximum absolute atomic E-state index is 11.7. The smallest absolute Gasteiger partial charge is 0.376 e. The molecule has 0 radical (unpaired) electrons. The Morgan fingerprint density at radius 3 is 2.59 bits per heavy atom. The largest absolute Gasteiger partial charge is 0.454 e. The number of hydrogen-bond donors (Lipinski definition) is 1. The molecule has 5 heteroatoms. The molecular weight excluding hydrogens is 218 g/mol. The lowest BCUT2D eigenvalue weighted by Crippen LogP contribution is -2.25. The van der Waals surface area contributed by atoms with E-state index in [0.29, 0.717) is 5.82 Å². The highest BCUT2D eigenvalue weighted by atomic mass is 16.6. The highest BCUT2D eigenvalue weighted by Crippen LogP contribution is 2.11. The van der Waals surface area contributed by atoms with Gasteiger partial charge in [-0.2, -0.15) is 0 Å². The lowest BCUT2D eigenvalue weighted by atomic mass is 10.2. The topological polar surface area (TPSA) is 64.1 Å². The number of nitrogens with one attached hydrogen (secondary N) is 1. The van der Waals surface area contributed by atoms with Gasteiger partial charge in [0, 0.05) is 12.2 Å². The van der Waals surface area contributed by atoms with Gasteiger partial charge in [0.15, 0.2) is 0 Å². The molecule has 0 saturated heterocycles. The fourth-order valence-corrected chi connectivity index (χ4v) is 1.16. The van der Waals surface area contributed by atoms with Crippen LogP contribution in [0.5, 0.6) is 0 Å². The molecule has 0 aliphatic carbocycles. The van der Waals surface area contributed by atoms with Crippen LogP contribution in [0, 0.1) is 0 Å². The molecule has 0 spiro atoms. The Kier molecular flexibility index (Phi) is 4.04. The van der Waals surface area contributed by atoms with Gasteiger partial charge in [0.05, 0.1) is 0 Å². The molecule has 5 nitrogen and oxygen atoms in total. The number of aromatic nitrogens is 2. The summed E-state index contributed by atoms with van der Waals surface area (Å²) in [6, 6.07) is 1.96. The lowest BCUT2D eigenvalue weighted by molar-refractivity contribution is 0.00557. The highest BCUT2D eigenvalue weighted by Gasteiger charge is 2.20. The molecule has 0 aliphatic heterocycles. The first-order valence-electron chi connectivity index (χ1n) is 5.61. The van der Waals surface area contributed by atoms with Gasteiger partial charge >= 0.3 is 5.97 Å². The van der Waals surface area contributed by atoms with Gasteiger partial charge in [-0.1, -0.05) is 0 Å². The monoisotopic (exact) mass is 237 g/mol. The summed E-state index contributed by atoms with van der Waals surface area (Å²) in [5.41, 5.74) is -0.540. The lowest BCUT2D eigenvalue weighted by Gasteiger charge is -2.18. The van der Waals surface area contributed by atoms with Crippen molar-refractivity contribution in [3.63, 3.8) is 0 Å². The summed E-state index contributed by atoms with van der Waals surface area (Å²) in [5.74, 6) is 0.186. The molecular formula is C12H19N3O2. The maximum atomic E-state index is 11.7. The molecule has 1 aromatic rings. The molecule has 0 bridgehead atoms. The van der Waals surface area contributed by atoms with Gasteiger partial charge in [0.25, 0.3) is 0 Å². The van der Waals surface area contributed by atoms with Crippen molar-refractivity contribution in [3.05, 3.63) is 18.1 Å². The Bertz CT molecular complexity index is 397. The second-order valence-electron chi connectivity index (χ2n) is 5.07. The van der Waals surface area contributed by atoms with E-state index in [1.54, 1.807) is 26.8 Å². The van der Waals surface area contributed by atoms with Crippen LogP contribution in [0.2, 0.25) is 0 Å². The molecule has 17 heavy (non-hydrogen) atoms. The number of hydrogen-bond acceptors (Lipinski definition) is 5. The molecule has 0 aromatic carbocycles. The molecule has 0 fully saturated rings. The van der Waals surface area contributed by atoms with Crippen LogP contribution < -0.4 is 5.32 Å². The normalized spacial score (nSPS) is 11.4. The predicted molar refractivity (Wildman–Crippen MR) is 66.0 cm³/mol. The van der Waals surface area contributed by atoms with E-state index in [0.717, 1.165) is 0 Å². The minimum Gasteiger partial charge on any atom is -0.454 e. The van der Waals surface area contributed by atoms with E-state index in [4.69, 9.17) is 4.74 Å². The SMILES string of the molecule is CC(C)Nc1ccnc(C(=O)OC(C)(C)C)n1.